The predicted molar refractivity (Wildman–Crippen MR) is 123 cm³/mol. The van der Waals surface area contributed by atoms with Gasteiger partial charge in [0.05, 0.1) is 6.54 Å². The monoisotopic (exact) mass is 453 g/mol. The smallest absolute Gasteiger partial charge is 0.358 e. The summed E-state index contributed by atoms with van der Waals surface area (Å²) >= 11 is 5.92. The molecule has 1 aromatic heterocycles. The van der Waals surface area contributed by atoms with Crippen LogP contribution in [0.5, 0.6) is 0 Å². The number of amides is 1. The molecule has 2 aromatic carbocycles. The molecule has 1 amide bonds. The third-order valence-corrected chi connectivity index (χ3v) is 5.88. The van der Waals surface area contributed by atoms with Gasteiger partial charge in [0, 0.05) is 43.2 Å². The van der Waals surface area contributed by atoms with Gasteiger partial charge in [0.2, 0.25) is 11.6 Å². The van der Waals surface area contributed by atoms with Crippen molar-refractivity contribution >= 4 is 29.1 Å². The van der Waals surface area contributed by atoms with Crippen molar-refractivity contribution in [1.82, 2.24) is 14.5 Å². The standard InChI is InChI=1S/C23H24ClN5O3/c1-2-20-25-21(29(31)32)22(28(20)16-17-6-4-3-5-7-17)26-12-14-27(15-13-26)23(30)18-8-10-19(24)11-9-18/h3-11H,2,12-16H2,1H3. The first-order chi connectivity index (χ1) is 15.5. The first-order valence-corrected chi connectivity index (χ1v) is 10.9. The molecule has 0 saturated carbocycles. The van der Waals surface area contributed by atoms with E-state index in [1.165, 1.54) is 0 Å². The molecule has 166 valence electrons. The van der Waals surface area contributed by atoms with Crippen molar-refractivity contribution in [1.29, 1.82) is 0 Å². The van der Waals surface area contributed by atoms with E-state index in [-0.39, 0.29) is 11.7 Å². The molecule has 0 aliphatic carbocycles. The molecule has 4 rings (SSSR count). The van der Waals surface area contributed by atoms with E-state index in [4.69, 9.17) is 11.6 Å². The van der Waals surface area contributed by atoms with Gasteiger partial charge in [-0.15, -0.1) is 0 Å². The summed E-state index contributed by atoms with van der Waals surface area (Å²) in [5.41, 5.74) is 1.63. The van der Waals surface area contributed by atoms with Crippen LogP contribution in [-0.4, -0.2) is 51.5 Å². The lowest BCUT2D eigenvalue weighted by atomic mass is 10.2. The number of rotatable bonds is 6. The predicted octanol–water partition coefficient (Wildman–Crippen LogP) is 4.02. The van der Waals surface area contributed by atoms with Crippen LogP contribution in [0.25, 0.3) is 0 Å². The molecule has 9 heteroatoms. The Morgan fingerprint density at radius 3 is 2.31 bits per heavy atom. The summed E-state index contributed by atoms with van der Waals surface area (Å²) in [6.07, 6.45) is 0.586. The molecule has 8 nitrogen and oxygen atoms in total. The number of carbonyl (C=O) groups is 1. The molecule has 0 unspecified atom stereocenters. The van der Waals surface area contributed by atoms with Gasteiger partial charge in [-0.2, -0.15) is 0 Å². The molecule has 3 aromatic rings. The Morgan fingerprint density at radius 2 is 1.72 bits per heavy atom. The van der Waals surface area contributed by atoms with Crippen molar-refractivity contribution in [3.8, 4) is 0 Å². The largest absolute Gasteiger partial charge is 0.406 e. The zero-order valence-corrected chi connectivity index (χ0v) is 18.5. The fraction of sp³-hybridized carbons (Fsp3) is 0.304. The van der Waals surface area contributed by atoms with Gasteiger partial charge in [-0.05, 0) is 39.7 Å². The third kappa shape index (κ3) is 4.45. The minimum Gasteiger partial charge on any atom is -0.358 e. The van der Waals surface area contributed by atoms with Crippen LogP contribution >= 0.6 is 11.6 Å². The average Bonchev–Trinajstić information content (AvgIpc) is 3.18. The summed E-state index contributed by atoms with van der Waals surface area (Å²) in [4.78, 5) is 32.3. The Balaban J connectivity index is 1.58. The van der Waals surface area contributed by atoms with Crippen LogP contribution in [0.2, 0.25) is 5.02 Å². The van der Waals surface area contributed by atoms with Crippen LogP contribution < -0.4 is 4.90 Å². The normalized spacial score (nSPS) is 13.9. The third-order valence-electron chi connectivity index (χ3n) is 5.63. The summed E-state index contributed by atoms with van der Waals surface area (Å²) in [5, 5.41) is 12.4. The van der Waals surface area contributed by atoms with Crippen molar-refractivity contribution in [3.63, 3.8) is 0 Å². The zero-order valence-electron chi connectivity index (χ0n) is 17.8. The van der Waals surface area contributed by atoms with Crippen LogP contribution in [0.4, 0.5) is 11.6 Å². The number of anilines is 1. The Morgan fingerprint density at radius 1 is 1.06 bits per heavy atom. The molecule has 0 spiro atoms. The van der Waals surface area contributed by atoms with Crippen molar-refractivity contribution in [2.24, 2.45) is 0 Å². The Kier molecular flexibility index (Phi) is 6.41. The summed E-state index contributed by atoms with van der Waals surface area (Å²) in [5.74, 6) is 0.989. The lowest BCUT2D eigenvalue weighted by Gasteiger charge is -2.35. The Bertz CT molecular complexity index is 1110. The summed E-state index contributed by atoms with van der Waals surface area (Å²) in [6.45, 7) is 4.37. The number of aryl methyl sites for hydroxylation is 1. The molecule has 0 bridgehead atoms. The fourth-order valence-electron chi connectivity index (χ4n) is 4.01. The van der Waals surface area contributed by atoms with Gasteiger partial charge in [0.25, 0.3) is 5.91 Å². The highest BCUT2D eigenvalue weighted by atomic mass is 35.5. The first-order valence-electron chi connectivity index (χ1n) is 10.6. The SMILES string of the molecule is CCc1nc([N+](=O)[O-])c(N2CCN(C(=O)c3ccc(Cl)cc3)CC2)n1Cc1ccccc1. The molecule has 2 heterocycles. The van der Waals surface area contributed by atoms with E-state index in [0.717, 1.165) is 5.56 Å². The molecule has 1 aliphatic heterocycles. The maximum absolute atomic E-state index is 12.8. The van der Waals surface area contributed by atoms with Gasteiger partial charge < -0.3 is 19.9 Å². The molecule has 0 radical (unpaired) electrons. The lowest BCUT2D eigenvalue weighted by Crippen LogP contribution is -2.49. The maximum atomic E-state index is 12.8. The van der Waals surface area contributed by atoms with E-state index < -0.39 is 4.92 Å². The van der Waals surface area contributed by atoms with Crippen LogP contribution in [0.3, 0.4) is 0 Å². The highest BCUT2D eigenvalue weighted by Crippen LogP contribution is 2.31. The number of imidazole rings is 1. The van der Waals surface area contributed by atoms with E-state index in [0.29, 0.717) is 61.4 Å². The number of aromatic nitrogens is 2. The Labute approximate surface area is 191 Å². The van der Waals surface area contributed by atoms with E-state index in [2.05, 4.69) is 4.98 Å². The second-order valence-corrected chi connectivity index (χ2v) is 8.08. The second kappa shape index (κ2) is 9.40. The van der Waals surface area contributed by atoms with Crippen LogP contribution in [0.15, 0.2) is 54.6 Å². The van der Waals surface area contributed by atoms with Gasteiger partial charge in [0.1, 0.15) is 0 Å². The molecule has 0 atom stereocenters. The number of piperazine rings is 1. The number of nitrogens with zero attached hydrogens (tertiary/aromatic N) is 5. The highest BCUT2D eigenvalue weighted by Gasteiger charge is 2.33. The number of carbonyl (C=O) groups excluding carboxylic acids is 1. The van der Waals surface area contributed by atoms with Crippen molar-refractivity contribution < 1.29 is 9.72 Å². The molecule has 1 saturated heterocycles. The molecule has 32 heavy (non-hydrogen) atoms. The maximum Gasteiger partial charge on any atom is 0.406 e. The van der Waals surface area contributed by atoms with Crippen LogP contribution in [0, 0.1) is 10.1 Å². The van der Waals surface area contributed by atoms with E-state index >= 15 is 0 Å². The quantitative estimate of drug-likeness (QED) is 0.415. The van der Waals surface area contributed by atoms with Gasteiger partial charge in [0.15, 0.2) is 0 Å². The first kappa shape index (κ1) is 21.8. The Hall–Kier alpha value is -3.39. The number of benzene rings is 2. The highest BCUT2D eigenvalue weighted by molar-refractivity contribution is 6.30. The number of hydrogen-bond acceptors (Lipinski definition) is 5. The molecule has 0 N–H and O–H groups in total. The second-order valence-electron chi connectivity index (χ2n) is 7.64. The molecular formula is C23H24ClN5O3. The topological polar surface area (TPSA) is 84.5 Å². The minimum absolute atomic E-state index is 0.0668. The van der Waals surface area contributed by atoms with E-state index in [1.54, 1.807) is 29.2 Å². The van der Waals surface area contributed by atoms with Crippen molar-refractivity contribution in [2.75, 3.05) is 31.1 Å². The summed E-state index contributed by atoms with van der Waals surface area (Å²) < 4.78 is 1.93. The summed E-state index contributed by atoms with van der Waals surface area (Å²) in [6, 6.07) is 16.7. The van der Waals surface area contributed by atoms with Crippen molar-refractivity contribution in [2.45, 2.75) is 19.9 Å². The average molecular weight is 454 g/mol. The fourth-order valence-corrected chi connectivity index (χ4v) is 4.13. The van der Waals surface area contributed by atoms with Gasteiger partial charge >= 0.3 is 5.82 Å². The van der Waals surface area contributed by atoms with E-state index in [9.17, 15) is 14.9 Å². The van der Waals surface area contributed by atoms with Crippen LogP contribution in [0.1, 0.15) is 28.7 Å². The van der Waals surface area contributed by atoms with Gasteiger partial charge in [-0.1, -0.05) is 48.9 Å². The van der Waals surface area contributed by atoms with Crippen molar-refractivity contribution in [3.05, 3.63) is 86.7 Å². The number of hydrogen-bond donors (Lipinski definition) is 0. The molecule has 1 aliphatic rings. The summed E-state index contributed by atoms with van der Waals surface area (Å²) in [7, 11) is 0. The molecular weight excluding hydrogens is 430 g/mol. The minimum atomic E-state index is -0.415. The van der Waals surface area contributed by atoms with E-state index in [1.807, 2.05) is 46.7 Å². The molecule has 1 fully saturated rings. The van der Waals surface area contributed by atoms with Crippen LogP contribution in [-0.2, 0) is 13.0 Å². The zero-order chi connectivity index (χ0) is 22.7. The number of nitro groups is 1. The van der Waals surface area contributed by atoms with Gasteiger partial charge in [-0.25, -0.2) is 0 Å². The van der Waals surface area contributed by atoms with Gasteiger partial charge in [-0.3, -0.25) is 9.36 Å². The lowest BCUT2D eigenvalue weighted by molar-refractivity contribution is -0.388. The number of halogens is 1.